The maximum atomic E-state index is 12.4. The molecule has 0 unspecified atom stereocenters. The summed E-state index contributed by atoms with van der Waals surface area (Å²) in [5.41, 5.74) is 2.01. The van der Waals surface area contributed by atoms with E-state index in [1.807, 2.05) is 32.0 Å². The third-order valence-corrected chi connectivity index (χ3v) is 4.03. The van der Waals surface area contributed by atoms with Crippen LogP contribution < -0.4 is 20.3 Å². The van der Waals surface area contributed by atoms with Crippen molar-refractivity contribution in [3.8, 4) is 5.75 Å². The molecule has 3 rings (SSSR count). The van der Waals surface area contributed by atoms with Crippen molar-refractivity contribution < 1.29 is 22.7 Å². The zero-order valence-electron chi connectivity index (χ0n) is 17.0. The Labute approximate surface area is 176 Å². The molecule has 1 aromatic heterocycles. The van der Waals surface area contributed by atoms with E-state index in [-0.39, 0.29) is 5.56 Å². The molecular formula is C21H20F3N5O2. The van der Waals surface area contributed by atoms with E-state index in [4.69, 9.17) is 0 Å². The summed E-state index contributed by atoms with van der Waals surface area (Å²) in [6, 6.07) is 13.5. The number of rotatable bonds is 6. The van der Waals surface area contributed by atoms with Gasteiger partial charge in [-0.3, -0.25) is 4.79 Å². The van der Waals surface area contributed by atoms with Crippen molar-refractivity contribution in [3.63, 3.8) is 0 Å². The molecule has 2 N–H and O–H groups in total. The monoisotopic (exact) mass is 431 g/mol. The van der Waals surface area contributed by atoms with Gasteiger partial charge in [-0.2, -0.15) is 4.98 Å². The second-order valence-electron chi connectivity index (χ2n) is 6.82. The van der Waals surface area contributed by atoms with E-state index in [0.717, 1.165) is 23.6 Å². The van der Waals surface area contributed by atoms with Crippen LogP contribution >= 0.6 is 0 Å². The highest BCUT2D eigenvalue weighted by molar-refractivity contribution is 6.04. The lowest BCUT2D eigenvalue weighted by Crippen LogP contribution is -2.18. The molecule has 1 heterocycles. The third-order valence-electron chi connectivity index (χ3n) is 4.03. The van der Waals surface area contributed by atoms with E-state index in [1.165, 1.54) is 12.1 Å². The van der Waals surface area contributed by atoms with Crippen LogP contribution in [0.15, 0.2) is 54.6 Å². The number of aryl methyl sites for hydroxylation is 1. The normalized spacial score (nSPS) is 11.0. The number of nitrogens with one attached hydrogen (secondary N) is 2. The molecule has 0 bridgehead atoms. The Bertz CT molecular complexity index is 1070. The van der Waals surface area contributed by atoms with Gasteiger partial charge in [-0.25, -0.2) is 4.98 Å². The summed E-state index contributed by atoms with van der Waals surface area (Å²) in [6.07, 6.45) is -4.83. The number of amides is 1. The highest BCUT2D eigenvalue weighted by atomic mass is 19.4. The van der Waals surface area contributed by atoms with Crippen molar-refractivity contribution in [2.24, 2.45) is 0 Å². The molecule has 0 saturated heterocycles. The number of nitrogens with zero attached hydrogens (tertiary/aromatic N) is 3. The predicted octanol–water partition coefficient (Wildman–Crippen LogP) is 4.75. The molecule has 0 aliphatic heterocycles. The fourth-order valence-corrected chi connectivity index (χ4v) is 2.64. The number of carbonyl (C=O) groups is 1. The van der Waals surface area contributed by atoms with Gasteiger partial charge in [0, 0.05) is 42.8 Å². The number of hydrogen-bond donors (Lipinski definition) is 2. The van der Waals surface area contributed by atoms with Crippen molar-refractivity contribution in [1.82, 2.24) is 9.97 Å². The molecule has 0 fully saturated rings. The number of carbonyl (C=O) groups excluding carboxylic acids is 1. The van der Waals surface area contributed by atoms with Crippen molar-refractivity contribution in [3.05, 3.63) is 65.9 Å². The molecule has 0 aliphatic carbocycles. The van der Waals surface area contributed by atoms with Gasteiger partial charge in [0.2, 0.25) is 5.95 Å². The van der Waals surface area contributed by atoms with Crippen molar-refractivity contribution >= 4 is 29.0 Å². The van der Waals surface area contributed by atoms with E-state index in [9.17, 15) is 18.0 Å². The minimum atomic E-state index is -4.83. The van der Waals surface area contributed by atoms with Crippen LogP contribution in [0.3, 0.4) is 0 Å². The van der Waals surface area contributed by atoms with Gasteiger partial charge in [-0.1, -0.05) is 6.07 Å². The van der Waals surface area contributed by atoms with Crippen LogP contribution in [0, 0.1) is 6.92 Å². The van der Waals surface area contributed by atoms with Crippen LogP contribution in [0.5, 0.6) is 5.75 Å². The Hall–Kier alpha value is -3.82. The molecule has 2 aromatic carbocycles. The summed E-state index contributed by atoms with van der Waals surface area (Å²) < 4.78 is 40.9. The summed E-state index contributed by atoms with van der Waals surface area (Å²) in [6.45, 7) is 1.87. The lowest BCUT2D eigenvalue weighted by atomic mass is 10.2. The Morgan fingerprint density at radius 2 is 1.68 bits per heavy atom. The summed E-state index contributed by atoms with van der Waals surface area (Å²) in [4.78, 5) is 23.0. The van der Waals surface area contributed by atoms with Gasteiger partial charge >= 0.3 is 6.36 Å². The number of benzene rings is 2. The van der Waals surface area contributed by atoms with Gasteiger partial charge < -0.3 is 20.3 Å². The minimum absolute atomic E-state index is 0.0355. The standard InChI is InChI=1S/C21H20F3N5O2/c1-13-11-18(29(2)3)28-20(25-13)27-16-9-7-15(8-10-16)26-19(30)14-5-4-6-17(12-14)31-21(22,23)24/h4-12H,1-3H3,(H,26,30)(H,25,27,28). The molecule has 31 heavy (non-hydrogen) atoms. The van der Waals surface area contributed by atoms with Crippen LogP contribution in [-0.2, 0) is 0 Å². The SMILES string of the molecule is Cc1cc(N(C)C)nc(Nc2ccc(NC(=O)c3cccc(OC(F)(F)F)c3)cc2)n1. The van der Waals surface area contributed by atoms with Crippen molar-refractivity contribution in [1.29, 1.82) is 0 Å². The maximum Gasteiger partial charge on any atom is 0.573 e. The second kappa shape index (κ2) is 8.90. The van der Waals surface area contributed by atoms with Crippen LogP contribution in [0.2, 0.25) is 0 Å². The fraction of sp³-hybridized carbons (Fsp3) is 0.190. The quantitative estimate of drug-likeness (QED) is 0.587. The molecule has 0 radical (unpaired) electrons. The molecule has 10 heteroatoms. The molecule has 0 aliphatic rings. The maximum absolute atomic E-state index is 12.4. The molecule has 0 saturated carbocycles. The largest absolute Gasteiger partial charge is 0.573 e. The van der Waals surface area contributed by atoms with Gasteiger partial charge in [0.15, 0.2) is 0 Å². The van der Waals surface area contributed by atoms with Crippen LogP contribution in [0.1, 0.15) is 16.1 Å². The number of ether oxygens (including phenoxy) is 1. The first-order valence-corrected chi connectivity index (χ1v) is 9.16. The molecule has 162 valence electrons. The van der Waals surface area contributed by atoms with Crippen LogP contribution in [-0.4, -0.2) is 36.3 Å². The van der Waals surface area contributed by atoms with Gasteiger partial charge in [0.1, 0.15) is 11.6 Å². The zero-order chi connectivity index (χ0) is 22.6. The number of halogens is 3. The number of hydrogen-bond acceptors (Lipinski definition) is 6. The van der Waals surface area contributed by atoms with Gasteiger partial charge in [-0.05, 0) is 49.4 Å². The first-order valence-electron chi connectivity index (χ1n) is 9.16. The summed E-state index contributed by atoms with van der Waals surface area (Å²) in [5, 5.41) is 5.73. The number of aromatic nitrogens is 2. The summed E-state index contributed by atoms with van der Waals surface area (Å²) >= 11 is 0. The molecule has 7 nitrogen and oxygen atoms in total. The molecule has 3 aromatic rings. The third kappa shape index (κ3) is 6.33. The Morgan fingerprint density at radius 3 is 2.32 bits per heavy atom. The fourth-order valence-electron chi connectivity index (χ4n) is 2.64. The average molecular weight is 431 g/mol. The van der Waals surface area contributed by atoms with E-state index < -0.39 is 18.0 Å². The summed E-state index contributed by atoms with van der Waals surface area (Å²) in [5.74, 6) is 0.165. The Morgan fingerprint density at radius 1 is 1.00 bits per heavy atom. The highest BCUT2D eigenvalue weighted by Gasteiger charge is 2.31. The molecular weight excluding hydrogens is 411 g/mol. The van der Waals surface area contributed by atoms with Crippen molar-refractivity contribution in [2.75, 3.05) is 29.6 Å². The topological polar surface area (TPSA) is 79.4 Å². The van der Waals surface area contributed by atoms with Crippen molar-refractivity contribution in [2.45, 2.75) is 13.3 Å². The average Bonchev–Trinajstić information content (AvgIpc) is 2.68. The Kier molecular flexibility index (Phi) is 6.28. The van der Waals surface area contributed by atoms with E-state index >= 15 is 0 Å². The van der Waals surface area contributed by atoms with Gasteiger partial charge in [0.05, 0.1) is 0 Å². The smallest absolute Gasteiger partial charge is 0.406 e. The lowest BCUT2D eigenvalue weighted by Gasteiger charge is -2.14. The number of anilines is 4. The molecule has 1 amide bonds. The van der Waals surface area contributed by atoms with Crippen LogP contribution in [0.4, 0.5) is 36.3 Å². The van der Waals surface area contributed by atoms with Gasteiger partial charge in [0.25, 0.3) is 5.91 Å². The highest BCUT2D eigenvalue weighted by Crippen LogP contribution is 2.24. The van der Waals surface area contributed by atoms with Crippen LogP contribution in [0.25, 0.3) is 0 Å². The van der Waals surface area contributed by atoms with E-state index in [0.29, 0.717) is 17.3 Å². The first kappa shape index (κ1) is 21.9. The minimum Gasteiger partial charge on any atom is -0.406 e. The van der Waals surface area contributed by atoms with Gasteiger partial charge in [-0.15, -0.1) is 13.2 Å². The zero-order valence-corrected chi connectivity index (χ0v) is 17.0. The lowest BCUT2D eigenvalue weighted by molar-refractivity contribution is -0.274. The van der Waals surface area contributed by atoms with E-state index in [2.05, 4.69) is 25.3 Å². The number of alkyl halides is 3. The molecule has 0 spiro atoms. The van der Waals surface area contributed by atoms with E-state index in [1.54, 1.807) is 24.3 Å². The first-order chi connectivity index (χ1) is 14.6. The predicted molar refractivity (Wildman–Crippen MR) is 112 cm³/mol. The Balaban J connectivity index is 1.67. The summed E-state index contributed by atoms with van der Waals surface area (Å²) in [7, 11) is 3.77. The second-order valence-corrected chi connectivity index (χ2v) is 6.82. The molecule has 0 atom stereocenters.